The van der Waals surface area contributed by atoms with E-state index in [1.807, 2.05) is 68.4 Å². The van der Waals surface area contributed by atoms with Crippen molar-refractivity contribution in [2.45, 2.75) is 31.3 Å². The number of benzene rings is 3. The summed E-state index contributed by atoms with van der Waals surface area (Å²) >= 11 is 1.06. The van der Waals surface area contributed by atoms with Crippen LogP contribution < -0.4 is 9.60 Å². The van der Waals surface area contributed by atoms with Crippen molar-refractivity contribution < 1.29 is 8.42 Å². The van der Waals surface area contributed by atoms with Gasteiger partial charge in [-0.1, -0.05) is 71.5 Å². The Kier molecular flexibility index (Phi) is 5.60. The third-order valence-corrected chi connectivity index (χ3v) is 7.45. The number of nitrogens with one attached hydrogen (secondary N) is 1. The summed E-state index contributed by atoms with van der Waals surface area (Å²) in [6.45, 7) is 4.44. The number of thiazole rings is 1. The molecule has 3 aromatic carbocycles. The molecule has 4 aromatic rings. The van der Waals surface area contributed by atoms with Crippen LogP contribution in [0, 0.1) is 6.92 Å². The minimum atomic E-state index is -3.82. The fourth-order valence-corrected chi connectivity index (χ4v) is 5.78. The summed E-state index contributed by atoms with van der Waals surface area (Å²) in [6.07, 6.45) is 0. The van der Waals surface area contributed by atoms with Crippen molar-refractivity contribution in [3.8, 4) is 0 Å². The average molecular weight is 439 g/mol. The van der Waals surface area contributed by atoms with Gasteiger partial charge in [-0.15, -0.1) is 0 Å². The van der Waals surface area contributed by atoms with E-state index in [-0.39, 0.29) is 9.77 Å². The molecule has 0 aliphatic rings. The van der Waals surface area contributed by atoms with Gasteiger partial charge in [0, 0.05) is 6.54 Å². The monoisotopic (exact) mass is 438 g/mol. The second kappa shape index (κ2) is 8.18. The average Bonchev–Trinajstić information content (AvgIpc) is 3.07. The fraction of sp³-hybridized carbons (Fsp3) is 0.174. The summed E-state index contributed by atoms with van der Waals surface area (Å²) in [5, 5.41) is 0. The van der Waals surface area contributed by atoms with E-state index < -0.39 is 16.1 Å². The van der Waals surface area contributed by atoms with Gasteiger partial charge in [0.25, 0.3) is 0 Å². The van der Waals surface area contributed by atoms with Crippen LogP contribution in [0.5, 0.6) is 0 Å². The molecule has 4 rings (SSSR count). The van der Waals surface area contributed by atoms with Gasteiger partial charge in [-0.2, -0.15) is 4.72 Å². The normalized spacial score (nSPS) is 12.9. The van der Waals surface area contributed by atoms with E-state index in [4.69, 9.17) is 0 Å². The smallest absolute Gasteiger partial charge is 0.299 e. The summed E-state index contributed by atoms with van der Waals surface area (Å²) in [5.41, 5.74) is 3.57. The van der Waals surface area contributed by atoms with Gasteiger partial charge in [-0.3, -0.25) is 9.36 Å². The van der Waals surface area contributed by atoms with E-state index in [1.54, 1.807) is 22.8 Å². The first kappa shape index (κ1) is 20.5. The van der Waals surface area contributed by atoms with Gasteiger partial charge in [-0.25, -0.2) is 8.42 Å². The molecule has 0 aliphatic heterocycles. The summed E-state index contributed by atoms with van der Waals surface area (Å²) in [4.78, 5) is 12.2. The van der Waals surface area contributed by atoms with Crippen LogP contribution in [-0.2, 0) is 16.6 Å². The summed E-state index contributed by atoms with van der Waals surface area (Å²) in [7, 11) is -3.82. The molecule has 0 spiro atoms. The third-order valence-electron chi connectivity index (χ3n) is 5.08. The van der Waals surface area contributed by atoms with Crippen LogP contribution in [0.15, 0.2) is 82.5 Å². The van der Waals surface area contributed by atoms with Crippen molar-refractivity contribution in [3.63, 3.8) is 0 Å². The van der Waals surface area contributed by atoms with Gasteiger partial charge < -0.3 is 0 Å². The molecule has 30 heavy (non-hydrogen) atoms. The van der Waals surface area contributed by atoms with E-state index in [2.05, 4.69) is 4.72 Å². The van der Waals surface area contributed by atoms with Crippen molar-refractivity contribution in [1.82, 2.24) is 9.29 Å². The van der Waals surface area contributed by atoms with Crippen molar-refractivity contribution in [2.24, 2.45) is 0 Å². The Hall–Kier alpha value is -2.74. The Labute approximate surface area is 179 Å². The number of nitrogens with zero attached hydrogens (tertiary/aromatic N) is 1. The molecule has 1 heterocycles. The minimum Gasteiger partial charge on any atom is -0.299 e. The molecule has 0 fully saturated rings. The van der Waals surface area contributed by atoms with Gasteiger partial charge >= 0.3 is 4.87 Å². The molecule has 0 saturated carbocycles. The van der Waals surface area contributed by atoms with Gasteiger partial charge in [-0.05, 0) is 43.2 Å². The number of hydrogen-bond acceptors (Lipinski definition) is 4. The van der Waals surface area contributed by atoms with Crippen LogP contribution in [0.4, 0.5) is 0 Å². The molecular weight excluding hydrogens is 416 g/mol. The molecule has 7 heteroatoms. The number of sulfonamides is 1. The second-order valence-electron chi connectivity index (χ2n) is 7.12. The number of aryl methyl sites for hydroxylation is 2. The molecule has 154 valence electrons. The van der Waals surface area contributed by atoms with E-state index in [9.17, 15) is 13.2 Å². The van der Waals surface area contributed by atoms with Crippen LogP contribution in [0.1, 0.15) is 29.7 Å². The molecule has 0 bridgehead atoms. The summed E-state index contributed by atoms with van der Waals surface area (Å²) in [5.74, 6) is 0. The zero-order chi connectivity index (χ0) is 21.3. The highest BCUT2D eigenvalue weighted by Gasteiger charge is 2.23. The first-order valence-electron chi connectivity index (χ1n) is 9.66. The topological polar surface area (TPSA) is 68.2 Å². The SMILES string of the molecule is CCn1c(=O)sc2cc(S(=O)(=O)N[C@@H](c3ccccc3)c3ccc(C)cc3)ccc21. The van der Waals surface area contributed by atoms with Crippen molar-refractivity contribution >= 4 is 31.6 Å². The Morgan fingerprint density at radius 1 is 0.967 bits per heavy atom. The highest BCUT2D eigenvalue weighted by molar-refractivity contribution is 7.89. The van der Waals surface area contributed by atoms with Crippen molar-refractivity contribution in [1.29, 1.82) is 0 Å². The van der Waals surface area contributed by atoms with Crippen LogP contribution in [0.3, 0.4) is 0 Å². The Balaban J connectivity index is 1.76. The lowest BCUT2D eigenvalue weighted by atomic mass is 9.99. The minimum absolute atomic E-state index is 0.0863. The second-order valence-corrected chi connectivity index (χ2v) is 9.82. The Bertz CT molecular complexity index is 1340. The molecule has 0 aliphatic carbocycles. The molecule has 1 aromatic heterocycles. The molecule has 0 radical (unpaired) electrons. The molecular formula is C23H22N2O3S2. The van der Waals surface area contributed by atoms with Crippen molar-refractivity contribution in [3.05, 3.63) is 99.2 Å². The number of hydrogen-bond donors (Lipinski definition) is 1. The lowest BCUT2D eigenvalue weighted by Gasteiger charge is -2.20. The van der Waals surface area contributed by atoms with Crippen LogP contribution in [-0.4, -0.2) is 13.0 Å². The predicted molar refractivity (Wildman–Crippen MR) is 122 cm³/mol. The van der Waals surface area contributed by atoms with Gasteiger partial charge in [0.05, 0.1) is 21.2 Å². The fourth-order valence-electron chi connectivity index (χ4n) is 3.47. The lowest BCUT2D eigenvalue weighted by Crippen LogP contribution is -2.29. The molecule has 0 amide bonds. The largest absolute Gasteiger partial charge is 0.308 e. The molecule has 0 saturated heterocycles. The van der Waals surface area contributed by atoms with E-state index in [0.717, 1.165) is 33.5 Å². The highest BCUT2D eigenvalue weighted by atomic mass is 32.2. The lowest BCUT2D eigenvalue weighted by molar-refractivity contribution is 0.572. The van der Waals surface area contributed by atoms with E-state index in [1.165, 1.54) is 0 Å². The number of fused-ring (bicyclic) bond motifs is 1. The molecule has 5 nitrogen and oxygen atoms in total. The highest BCUT2D eigenvalue weighted by Crippen LogP contribution is 2.27. The van der Waals surface area contributed by atoms with Gasteiger partial charge in [0.1, 0.15) is 0 Å². The quantitative estimate of drug-likeness (QED) is 0.483. The van der Waals surface area contributed by atoms with Crippen LogP contribution in [0.2, 0.25) is 0 Å². The number of aromatic nitrogens is 1. The summed E-state index contributed by atoms with van der Waals surface area (Å²) < 4.78 is 31.7. The zero-order valence-corrected chi connectivity index (χ0v) is 18.3. The standard InChI is InChI=1S/C23H22N2O3S2/c1-3-25-20-14-13-19(15-21(20)29-23(25)26)30(27,28)24-22(17-7-5-4-6-8-17)18-11-9-16(2)10-12-18/h4-15,22,24H,3H2,1-2H3/t22-/m0/s1. The Morgan fingerprint density at radius 2 is 1.63 bits per heavy atom. The third kappa shape index (κ3) is 3.96. The first-order valence-corrected chi connectivity index (χ1v) is 12.0. The predicted octanol–water partition coefficient (Wildman–Crippen LogP) is 4.46. The molecule has 0 unspecified atom stereocenters. The summed E-state index contributed by atoms with van der Waals surface area (Å²) in [6, 6.07) is 21.6. The maximum Gasteiger partial charge on any atom is 0.308 e. The van der Waals surface area contributed by atoms with E-state index >= 15 is 0 Å². The van der Waals surface area contributed by atoms with Crippen LogP contribution in [0.25, 0.3) is 10.2 Å². The van der Waals surface area contributed by atoms with Gasteiger partial charge in [0.2, 0.25) is 10.0 Å². The zero-order valence-electron chi connectivity index (χ0n) is 16.7. The van der Waals surface area contributed by atoms with Gasteiger partial charge in [0.15, 0.2) is 0 Å². The van der Waals surface area contributed by atoms with Crippen molar-refractivity contribution in [2.75, 3.05) is 0 Å². The molecule has 1 N–H and O–H groups in total. The molecule has 1 atom stereocenters. The first-order chi connectivity index (χ1) is 14.4. The van der Waals surface area contributed by atoms with E-state index in [0.29, 0.717) is 11.2 Å². The number of rotatable bonds is 6. The Morgan fingerprint density at radius 3 is 2.30 bits per heavy atom. The van der Waals surface area contributed by atoms with Crippen LogP contribution >= 0.6 is 11.3 Å². The maximum atomic E-state index is 13.3. The maximum absolute atomic E-state index is 13.3.